The van der Waals surface area contributed by atoms with Gasteiger partial charge in [0, 0.05) is 6.20 Å². The lowest BCUT2D eigenvalue weighted by atomic mass is 10.1. The van der Waals surface area contributed by atoms with E-state index in [0.29, 0.717) is 18.4 Å². The van der Waals surface area contributed by atoms with E-state index in [1.165, 1.54) is 23.4 Å². The minimum absolute atomic E-state index is 0.0462. The number of nitrogens with two attached hydrogens (primary N) is 1. The molecule has 232 valence electrons. The lowest BCUT2D eigenvalue weighted by Gasteiger charge is -2.24. The highest BCUT2D eigenvalue weighted by atomic mass is 31.2. The fourth-order valence-corrected chi connectivity index (χ4v) is 6.35. The van der Waals surface area contributed by atoms with Crippen molar-refractivity contribution in [2.24, 2.45) is 0 Å². The largest absolute Gasteiger partial charge is 0.472 e. The Labute approximate surface area is 240 Å². The Bertz CT molecular complexity index is 1790. The molecule has 6 heterocycles. The van der Waals surface area contributed by atoms with Crippen molar-refractivity contribution in [1.29, 1.82) is 0 Å². The minimum atomic E-state index is -4.99. The average Bonchev–Trinajstić information content (AvgIpc) is 3.73. The van der Waals surface area contributed by atoms with Gasteiger partial charge in [0.15, 0.2) is 23.2 Å². The molecule has 2 aliphatic rings. The predicted molar refractivity (Wildman–Crippen MR) is 142 cm³/mol. The first-order valence-electron chi connectivity index (χ1n) is 12.7. The maximum Gasteiger partial charge on any atom is 0.472 e. The smallest absolute Gasteiger partial charge is 0.386 e. The summed E-state index contributed by atoms with van der Waals surface area (Å²) < 4.78 is 53.9. The van der Waals surface area contributed by atoms with Gasteiger partial charge in [-0.25, -0.2) is 29.1 Å². The number of anilines is 1. The molecule has 4 aromatic rings. The third-order valence-electron chi connectivity index (χ3n) is 6.95. The van der Waals surface area contributed by atoms with Gasteiger partial charge in [0.05, 0.1) is 37.5 Å². The summed E-state index contributed by atoms with van der Waals surface area (Å²) in [7, 11) is -9.91. The first-order chi connectivity index (χ1) is 20.4. The number of aliphatic hydroxyl groups excluding tert-OH is 1. The van der Waals surface area contributed by atoms with E-state index in [-0.39, 0.29) is 34.7 Å². The summed E-state index contributed by atoms with van der Waals surface area (Å²) in [5.41, 5.74) is 6.60. The van der Waals surface area contributed by atoms with Crippen LogP contribution in [0.2, 0.25) is 0 Å². The van der Waals surface area contributed by atoms with Crippen LogP contribution < -0.4 is 11.3 Å². The van der Waals surface area contributed by atoms with Crippen molar-refractivity contribution in [3.63, 3.8) is 0 Å². The molecule has 2 saturated heterocycles. The van der Waals surface area contributed by atoms with E-state index >= 15 is 0 Å². The molecule has 22 heteroatoms. The van der Waals surface area contributed by atoms with Gasteiger partial charge in [0.1, 0.15) is 36.4 Å². The second-order valence-electron chi connectivity index (χ2n) is 9.74. The van der Waals surface area contributed by atoms with Gasteiger partial charge in [-0.15, -0.1) is 0 Å². The molecule has 0 amide bonds. The van der Waals surface area contributed by atoms with Crippen LogP contribution in [0.1, 0.15) is 25.3 Å². The van der Waals surface area contributed by atoms with E-state index < -0.39 is 59.1 Å². The number of phosphoric ester groups is 2. The fraction of sp³-hybridized carbons (Fsp3) is 0.476. The first kappa shape index (κ1) is 29.9. The van der Waals surface area contributed by atoms with E-state index in [1.54, 1.807) is 10.6 Å². The number of hydrogen-bond donors (Lipinski definition) is 6. The molecular weight excluding hydrogens is 618 g/mol. The fourth-order valence-electron chi connectivity index (χ4n) is 5.02. The zero-order valence-corrected chi connectivity index (χ0v) is 23.7. The molecule has 6 rings (SSSR count). The molecule has 0 radical (unpaired) electrons. The van der Waals surface area contributed by atoms with Gasteiger partial charge in [-0.3, -0.25) is 22.9 Å². The summed E-state index contributed by atoms with van der Waals surface area (Å²) in [6, 6.07) is 1.68. The number of nitrogens with zero attached hydrogens (tertiary/aromatic N) is 6. The topological polar surface area (TPSA) is 282 Å². The van der Waals surface area contributed by atoms with E-state index in [1.807, 2.05) is 0 Å². The van der Waals surface area contributed by atoms with Crippen LogP contribution in [-0.2, 0) is 32.2 Å². The number of aromatic amines is 1. The number of aliphatic hydroxyl groups is 1. The Morgan fingerprint density at radius 1 is 1.02 bits per heavy atom. The van der Waals surface area contributed by atoms with Gasteiger partial charge in [-0.2, -0.15) is 0 Å². The number of hydrogen-bond acceptors (Lipinski definition) is 14. The summed E-state index contributed by atoms with van der Waals surface area (Å²) in [6.07, 6.45) is -1.01. The molecule has 43 heavy (non-hydrogen) atoms. The molecule has 0 aliphatic carbocycles. The molecule has 4 aromatic heterocycles. The molecule has 0 aromatic carbocycles. The molecule has 2 aliphatic heterocycles. The van der Waals surface area contributed by atoms with Gasteiger partial charge in [-0.05, 0) is 18.9 Å². The number of imidazole rings is 2. The normalized spacial score (nSPS) is 27.7. The zero-order chi connectivity index (χ0) is 30.5. The highest BCUT2D eigenvalue weighted by Gasteiger charge is 2.50. The standard InChI is InChI=1S/C21H26N8O12P2/c22-18-15-19(25-7-24-18)29(9-27-15)21-16(30)17(12(40-21)6-37-42(32,33)34)41-43(35,36)38-5-10-1-2-13(39-10)28-8-26-14-11(28)3-4-23-20(14)31/h3-4,7-10,12-13,16-17,21,30H,1-2,5-6H2,(H,23,31)(H,35,36)(H2,22,24,25)(H2,32,33,34)/t10-,12+,13+,16+,17+,21+/m0/s1. The van der Waals surface area contributed by atoms with Crippen molar-refractivity contribution in [3.05, 3.63) is 41.6 Å². The SMILES string of the molecule is Nc1ncnc2c1ncn2[C@@H]1O[C@H](COP(=O)(O)O)[C@@H](OP(=O)(O)OC[C@@H]2CC[C@H](n3cnc4c(=O)[nH]ccc43)O2)[C@H]1O. The van der Waals surface area contributed by atoms with Crippen molar-refractivity contribution < 1.29 is 52.0 Å². The van der Waals surface area contributed by atoms with Crippen LogP contribution in [0, 0.1) is 0 Å². The van der Waals surface area contributed by atoms with Crippen molar-refractivity contribution in [3.8, 4) is 0 Å². The van der Waals surface area contributed by atoms with E-state index in [9.17, 15) is 33.7 Å². The maximum atomic E-state index is 13.0. The van der Waals surface area contributed by atoms with Crippen LogP contribution in [0.5, 0.6) is 0 Å². The predicted octanol–water partition coefficient (Wildman–Crippen LogP) is -0.306. The molecule has 1 unspecified atom stereocenters. The van der Waals surface area contributed by atoms with Gasteiger partial charge in [0.25, 0.3) is 5.56 Å². The highest BCUT2D eigenvalue weighted by Crippen LogP contribution is 2.50. The number of rotatable bonds is 10. The summed E-state index contributed by atoms with van der Waals surface area (Å²) in [4.78, 5) is 59.5. The summed E-state index contributed by atoms with van der Waals surface area (Å²) >= 11 is 0. The lowest BCUT2D eigenvalue weighted by Crippen LogP contribution is -2.36. The minimum Gasteiger partial charge on any atom is -0.386 e. The summed E-state index contributed by atoms with van der Waals surface area (Å²) in [5, 5.41) is 11.1. The van der Waals surface area contributed by atoms with Crippen molar-refractivity contribution in [2.45, 2.75) is 49.7 Å². The van der Waals surface area contributed by atoms with Crippen LogP contribution in [0.25, 0.3) is 22.2 Å². The van der Waals surface area contributed by atoms with Gasteiger partial charge in [0.2, 0.25) is 0 Å². The third-order valence-corrected chi connectivity index (χ3v) is 8.42. The Morgan fingerprint density at radius 2 is 1.79 bits per heavy atom. The molecule has 0 spiro atoms. The monoisotopic (exact) mass is 644 g/mol. The van der Waals surface area contributed by atoms with Crippen molar-refractivity contribution in [1.82, 2.24) is 34.1 Å². The average molecular weight is 644 g/mol. The number of nitrogen functional groups attached to an aromatic ring is 1. The summed E-state index contributed by atoms with van der Waals surface area (Å²) in [5.74, 6) is 0.0462. The second kappa shape index (κ2) is 11.4. The van der Waals surface area contributed by atoms with Gasteiger partial charge >= 0.3 is 15.6 Å². The number of H-pyrrole nitrogens is 1. The van der Waals surface area contributed by atoms with Crippen LogP contribution in [-0.4, -0.2) is 91.5 Å². The molecule has 20 nitrogen and oxygen atoms in total. The Kier molecular flexibility index (Phi) is 7.95. The Morgan fingerprint density at radius 3 is 2.58 bits per heavy atom. The van der Waals surface area contributed by atoms with Gasteiger partial charge < -0.3 is 44.5 Å². The number of nitrogens with one attached hydrogen (secondary N) is 1. The molecule has 0 saturated carbocycles. The second-order valence-corrected chi connectivity index (χ2v) is 12.4. The van der Waals surface area contributed by atoms with Crippen LogP contribution >= 0.6 is 15.6 Å². The molecule has 7 N–H and O–H groups in total. The number of fused-ring (bicyclic) bond motifs is 2. The van der Waals surface area contributed by atoms with Crippen molar-refractivity contribution in [2.75, 3.05) is 18.9 Å². The van der Waals surface area contributed by atoms with Crippen LogP contribution in [0.3, 0.4) is 0 Å². The molecular formula is C21H26N8O12P2. The first-order valence-corrected chi connectivity index (χ1v) is 15.7. The Balaban J connectivity index is 1.14. The van der Waals surface area contributed by atoms with Crippen molar-refractivity contribution >= 4 is 43.7 Å². The van der Waals surface area contributed by atoms with E-state index in [0.717, 1.165) is 6.33 Å². The molecule has 7 atom stereocenters. The zero-order valence-electron chi connectivity index (χ0n) is 21.9. The van der Waals surface area contributed by atoms with Gasteiger partial charge in [-0.1, -0.05) is 0 Å². The number of ether oxygens (including phenoxy) is 2. The quantitative estimate of drug-likeness (QED) is 0.121. The number of phosphoric acid groups is 2. The Hall–Kier alpha value is -3.13. The maximum absolute atomic E-state index is 13.0. The molecule has 2 fully saturated rings. The van der Waals surface area contributed by atoms with Crippen LogP contribution in [0.4, 0.5) is 5.82 Å². The van der Waals surface area contributed by atoms with E-state index in [4.69, 9.17) is 24.3 Å². The number of pyridine rings is 1. The lowest BCUT2D eigenvalue weighted by molar-refractivity contribution is -0.0514. The highest BCUT2D eigenvalue weighted by molar-refractivity contribution is 7.47. The third kappa shape index (κ3) is 6.13. The van der Waals surface area contributed by atoms with E-state index in [2.05, 4.69) is 29.4 Å². The van der Waals surface area contributed by atoms with Crippen LogP contribution in [0.15, 0.2) is 36.0 Å². The number of aromatic nitrogens is 7. The molecule has 0 bridgehead atoms. The summed E-state index contributed by atoms with van der Waals surface area (Å²) in [6.45, 7) is -1.20.